The van der Waals surface area contributed by atoms with Crippen LogP contribution in [0.5, 0.6) is 0 Å². The summed E-state index contributed by atoms with van der Waals surface area (Å²) in [5, 5.41) is 14.4. The molecule has 25 heavy (non-hydrogen) atoms. The maximum absolute atomic E-state index is 12.2. The first-order valence-corrected chi connectivity index (χ1v) is 8.46. The van der Waals surface area contributed by atoms with E-state index in [1.807, 2.05) is 6.08 Å². The van der Waals surface area contributed by atoms with Crippen LogP contribution in [0.2, 0.25) is 0 Å². The van der Waals surface area contributed by atoms with Crippen LogP contribution in [0.1, 0.15) is 55.8 Å². The molecule has 136 valence electrons. The predicted molar refractivity (Wildman–Crippen MR) is 97.5 cm³/mol. The molecule has 0 bridgehead atoms. The third-order valence-corrected chi connectivity index (χ3v) is 3.72. The van der Waals surface area contributed by atoms with E-state index in [0.717, 1.165) is 32.1 Å². The van der Waals surface area contributed by atoms with Crippen LogP contribution in [0.4, 0.5) is 5.69 Å². The lowest BCUT2D eigenvalue weighted by molar-refractivity contribution is -0.139. The van der Waals surface area contributed by atoms with Gasteiger partial charge < -0.3 is 15.7 Å². The molecular weight excluding hydrogens is 320 g/mol. The number of hydrogen-bond acceptors (Lipinski definition) is 3. The number of aliphatic carboxylic acids is 1. The van der Waals surface area contributed by atoms with Crippen molar-refractivity contribution in [3.8, 4) is 0 Å². The lowest BCUT2D eigenvalue weighted by Crippen LogP contribution is -2.40. The average molecular weight is 346 g/mol. The van der Waals surface area contributed by atoms with Crippen molar-refractivity contribution in [1.29, 1.82) is 0 Å². The molecule has 0 fully saturated rings. The smallest absolute Gasteiger partial charge is 0.326 e. The van der Waals surface area contributed by atoms with Gasteiger partial charge in [0.1, 0.15) is 6.04 Å². The van der Waals surface area contributed by atoms with Gasteiger partial charge in [-0.1, -0.05) is 25.3 Å². The Morgan fingerprint density at radius 1 is 1.12 bits per heavy atom. The summed E-state index contributed by atoms with van der Waals surface area (Å²) in [7, 11) is 0. The van der Waals surface area contributed by atoms with E-state index >= 15 is 0 Å². The largest absolute Gasteiger partial charge is 0.480 e. The number of carbonyl (C=O) groups excluding carboxylic acids is 2. The van der Waals surface area contributed by atoms with Crippen molar-refractivity contribution in [2.24, 2.45) is 0 Å². The predicted octanol–water partition coefficient (Wildman–Crippen LogP) is 3.35. The number of benzene rings is 1. The van der Waals surface area contributed by atoms with E-state index < -0.39 is 17.9 Å². The highest BCUT2D eigenvalue weighted by atomic mass is 16.4. The molecule has 6 heteroatoms. The summed E-state index contributed by atoms with van der Waals surface area (Å²) in [5.41, 5.74) is 0.935. The second-order valence-corrected chi connectivity index (χ2v) is 5.90. The maximum atomic E-state index is 12.2. The van der Waals surface area contributed by atoms with E-state index in [0.29, 0.717) is 17.7 Å². The van der Waals surface area contributed by atoms with Gasteiger partial charge in [-0.15, -0.1) is 6.58 Å². The fourth-order valence-electron chi connectivity index (χ4n) is 2.40. The Morgan fingerprint density at radius 2 is 1.76 bits per heavy atom. The SMILES string of the molecule is C=CCCCCCC[C@@H](NC(=O)c1ccc(NC(C)=O)cc1)C(=O)O. The van der Waals surface area contributed by atoms with Crippen LogP contribution in [0.15, 0.2) is 36.9 Å². The highest BCUT2D eigenvalue weighted by Gasteiger charge is 2.20. The Balaban J connectivity index is 2.50. The molecule has 1 rings (SSSR count). The Kier molecular flexibility index (Phi) is 9.00. The maximum Gasteiger partial charge on any atom is 0.326 e. The van der Waals surface area contributed by atoms with Crippen LogP contribution in [0, 0.1) is 0 Å². The van der Waals surface area contributed by atoms with Crippen LogP contribution in [-0.2, 0) is 9.59 Å². The van der Waals surface area contributed by atoms with Crippen LogP contribution < -0.4 is 10.6 Å². The van der Waals surface area contributed by atoms with Crippen LogP contribution in [0.25, 0.3) is 0 Å². The molecule has 0 aliphatic heterocycles. The summed E-state index contributed by atoms with van der Waals surface area (Å²) in [6.07, 6.45) is 6.99. The monoisotopic (exact) mass is 346 g/mol. The van der Waals surface area contributed by atoms with Crippen molar-refractivity contribution >= 4 is 23.5 Å². The van der Waals surface area contributed by atoms with E-state index in [2.05, 4.69) is 17.2 Å². The number of rotatable bonds is 11. The molecule has 0 unspecified atom stereocenters. The highest BCUT2D eigenvalue weighted by Crippen LogP contribution is 2.11. The van der Waals surface area contributed by atoms with E-state index in [1.165, 1.54) is 6.92 Å². The van der Waals surface area contributed by atoms with Gasteiger partial charge in [0.2, 0.25) is 5.91 Å². The van der Waals surface area contributed by atoms with E-state index in [-0.39, 0.29) is 5.91 Å². The third-order valence-electron chi connectivity index (χ3n) is 3.72. The Bertz CT molecular complexity index is 596. The molecule has 0 radical (unpaired) electrons. The number of nitrogens with one attached hydrogen (secondary N) is 2. The minimum absolute atomic E-state index is 0.198. The number of amides is 2. The van der Waals surface area contributed by atoms with Gasteiger partial charge in [-0.25, -0.2) is 4.79 Å². The third kappa shape index (κ3) is 8.15. The zero-order chi connectivity index (χ0) is 18.7. The number of allylic oxidation sites excluding steroid dienone is 1. The number of hydrogen-bond donors (Lipinski definition) is 3. The topological polar surface area (TPSA) is 95.5 Å². The Morgan fingerprint density at radius 3 is 2.32 bits per heavy atom. The molecule has 0 aliphatic carbocycles. The van der Waals surface area contributed by atoms with E-state index in [4.69, 9.17) is 0 Å². The molecule has 0 aliphatic rings. The van der Waals surface area contributed by atoms with Crippen molar-refractivity contribution in [3.63, 3.8) is 0 Å². The summed E-state index contributed by atoms with van der Waals surface area (Å²) in [6.45, 7) is 5.06. The molecule has 2 amide bonds. The molecule has 0 aromatic heterocycles. The van der Waals surface area contributed by atoms with Crippen molar-refractivity contribution in [3.05, 3.63) is 42.5 Å². The second-order valence-electron chi connectivity index (χ2n) is 5.90. The molecule has 0 saturated carbocycles. The first-order valence-electron chi connectivity index (χ1n) is 8.46. The van der Waals surface area contributed by atoms with Crippen molar-refractivity contribution in [2.45, 2.75) is 51.5 Å². The molecular formula is C19H26N2O4. The van der Waals surface area contributed by atoms with Crippen molar-refractivity contribution in [2.75, 3.05) is 5.32 Å². The molecule has 0 saturated heterocycles. The van der Waals surface area contributed by atoms with Gasteiger partial charge in [0.15, 0.2) is 0 Å². The summed E-state index contributed by atoms with van der Waals surface area (Å²) in [4.78, 5) is 34.5. The van der Waals surface area contributed by atoms with Crippen LogP contribution >= 0.6 is 0 Å². The number of anilines is 1. The normalized spacial score (nSPS) is 11.4. The lowest BCUT2D eigenvalue weighted by atomic mass is 10.1. The van der Waals surface area contributed by atoms with Gasteiger partial charge in [-0.2, -0.15) is 0 Å². The van der Waals surface area contributed by atoms with Gasteiger partial charge in [0.25, 0.3) is 5.91 Å². The van der Waals surface area contributed by atoms with Gasteiger partial charge in [0.05, 0.1) is 0 Å². The van der Waals surface area contributed by atoms with Gasteiger partial charge in [0, 0.05) is 18.2 Å². The molecule has 1 aromatic rings. The van der Waals surface area contributed by atoms with Crippen LogP contribution in [-0.4, -0.2) is 28.9 Å². The Hall–Kier alpha value is -2.63. The zero-order valence-corrected chi connectivity index (χ0v) is 14.6. The zero-order valence-electron chi connectivity index (χ0n) is 14.6. The molecule has 0 heterocycles. The second kappa shape index (κ2) is 11.0. The number of carboxylic acids is 1. The average Bonchev–Trinajstić information content (AvgIpc) is 2.56. The fourth-order valence-corrected chi connectivity index (χ4v) is 2.40. The van der Waals surface area contributed by atoms with Crippen LogP contribution in [0.3, 0.4) is 0 Å². The molecule has 1 atom stereocenters. The first-order chi connectivity index (χ1) is 11.9. The summed E-state index contributed by atoms with van der Waals surface area (Å²) < 4.78 is 0. The van der Waals surface area contributed by atoms with E-state index in [9.17, 15) is 19.5 Å². The Labute approximate surface area is 148 Å². The summed E-state index contributed by atoms with van der Waals surface area (Å²) in [6, 6.07) is 5.41. The van der Waals surface area contributed by atoms with Gasteiger partial charge in [-0.3, -0.25) is 9.59 Å². The van der Waals surface area contributed by atoms with Crippen molar-refractivity contribution < 1.29 is 19.5 Å². The summed E-state index contributed by atoms with van der Waals surface area (Å²) >= 11 is 0. The molecule has 0 spiro atoms. The highest BCUT2D eigenvalue weighted by molar-refractivity contribution is 5.97. The minimum atomic E-state index is -1.03. The molecule has 3 N–H and O–H groups in total. The minimum Gasteiger partial charge on any atom is -0.480 e. The number of carbonyl (C=O) groups is 3. The molecule has 6 nitrogen and oxygen atoms in total. The van der Waals surface area contributed by atoms with Gasteiger partial charge >= 0.3 is 5.97 Å². The standard InChI is InChI=1S/C19H26N2O4/c1-3-4-5-6-7-8-9-17(19(24)25)21-18(23)15-10-12-16(13-11-15)20-14(2)22/h3,10-13,17H,1,4-9H2,2H3,(H,20,22)(H,21,23)(H,24,25)/t17-/m1/s1. The van der Waals surface area contributed by atoms with Crippen molar-refractivity contribution in [1.82, 2.24) is 5.32 Å². The summed E-state index contributed by atoms with van der Waals surface area (Å²) in [5.74, 6) is -1.67. The van der Waals surface area contributed by atoms with E-state index in [1.54, 1.807) is 24.3 Å². The number of unbranched alkanes of at least 4 members (excludes halogenated alkanes) is 4. The fraction of sp³-hybridized carbons (Fsp3) is 0.421. The first kappa shape index (κ1) is 20.4. The molecule has 1 aromatic carbocycles. The number of carboxylic acid groups (broad SMARTS) is 1. The lowest BCUT2D eigenvalue weighted by Gasteiger charge is -2.14. The quantitative estimate of drug-likeness (QED) is 0.423. The van der Waals surface area contributed by atoms with Gasteiger partial charge in [-0.05, 0) is 43.5 Å².